The second-order valence-electron chi connectivity index (χ2n) is 7.35. The molecule has 1 aliphatic rings. The molecule has 2 heterocycles. The van der Waals surface area contributed by atoms with Crippen LogP contribution in [0.3, 0.4) is 0 Å². The molecule has 2 aromatic rings. The Kier molecular flexibility index (Phi) is 5.92. The highest BCUT2D eigenvalue weighted by Crippen LogP contribution is 2.36. The third kappa shape index (κ3) is 4.26. The van der Waals surface area contributed by atoms with E-state index in [4.69, 9.17) is 4.74 Å². The number of fused-ring (bicyclic) bond motifs is 1. The van der Waals surface area contributed by atoms with Crippen LogP contribution in [0.15, 0.2) is 47.5 Å². The summed E-state index contributed by atoms with van der Waals surface area (Å²) in [4.78, 5) is 16.5. The maximum Gasteiger partial charge on any atom is 0.268 e. The molecule has 2 N–H and O–H groups in total. The highest BCUT2D eigenvalue weighted by Gasteiger charge is 2.37. The molecule has 0 aliphatic carbocycles. The van der Waals surface area contributed by atoms with Gasteiger partial charge in [0.15, 0.2) is 5.60 Å². The molecule has 8 nitrogen and oxygen atoms in total. The lowest BCUT2D eigenvalue weighted by Crippen LogP contribution is -2.45. The number of hydrogen-bond donors (Lipinski definition) is 2. The molecule has 156 valence electrons. The Bertz CT molecular complexity index is 992. The number of ether oxygens (including phenoxy) is 1. The van der Waals surface area contributed by atoms with E-state index in [1.807, 2.05) is 0 Å². The molecule has 0 bridgehead atoms. The first-order valence-electron chi connectivity index (χ1n) is 9.35. The van der Waals surface area contributed by atoms with Gasteiger partial charge in [0.25, 0.3) is 5.91 Å². The van der Waals surface area contributed by atoms with E-state index in [1.54, 1.807) is 51.2 Å². The number of rotatable bonds is 7. The number of nitrogens with zero attached hydrogens (tertiary/aromatic N) is 2. The molecule has 1 aromatic heterocycles. The summed E-state index contributed by atoms with van der Waals surface area (Å²) in [5.74, 6) is 0.0618. The molecular weight excluding hydrogens is 394 g/mol. The zero-order chi connectivity index (χ0) is 21.2. The maximum absolute atomic E-state index is 13.4. The first-order valence-corrected chi connectivity index (χ1v) is 10.8. The first-order chi connectivity index (χ1) is 13.7. The van der Waals surface area contributed by atoms with Crippen molar-refractivity contribution in [1.29, 1.82) is 0 Å². The van der Waals surface area contributed by atoms with Crippen LogP contribution in [0, 0.1) is 0 Å². The van der Waals surface area contributed by atoms with Gasteiger partial charge in [-0.1, -0.05) is 6.07 Å². The molecule has 3 rings (SSSR count). The van der Waals surface area contributed by atoms with E-state index < -0.39 is 21.7 Å². The molecule has 29 heavy (non-hydrogen) atoms. The van der Waals surface area contributed by atoms with Crippen LogP contribution < -0.4 is 10.1 Å². The summed E-state index contributed by atoms with van der Waals surface area (Å²) in [6.07, 6.45) is 1.89. The SMILES string of the molecule is C[C@H](c1ccccn1)N(CCCO)S(=O)(=O)c1ccc2c(c1)NC(=O)C(C)(C)O2. The third-order valence-electron chi connectivity index (χ3n) is 4.80. The topological polar surface area (TPSA) is 109 Å². The Hall–Kier alpha value is -2.49. The Morgan fingerprint density at radius 1 is 1.28 bits per heavy atom. The number of benzene rings is 1. The van der Waals surface area contributed by atoms with Gasteiger partial charge in [-0.2, -0.15) is 4.31 Å². The number of sulfonamides is 1. The lowest BCUT2D eigenvalue weighted by atomic mass is 10.1. The molecule has 0 saturated carbocycles. The summed E-state index contributed by atoms with van der Waals surface area (Å²) in [7, 11) is -3.93. The molecule has 1 aliphatic heterocycles. The summed E-state index contributed by atoms with van der Waals surface area (Å²) in [6, 6.07) is 9.18. The van der Waals surface area contributed by atoms with Crippen molar-refractivity contribution >= 4 is 21.6 Å². The second-order valence-corrected chi connectivity index (χ2v) is 9.24. The van der Waals surface area contributed by atoms with Crippen LogP contribution in [0.25, 0.3) is 0 Å². The van der Waals surface area contributed by atoms with E-state index in [-0.39, 0.29) is 30.4 Å². The molecular formula is C20H25N3O5S. The van der Waals surface area contributed by atoms with Gasteiger partial charge in [0, 0.05) is 19.3 Å². The summed E-state index contributed by atoms with van der Waals surface area (Å²) in [6.45, 7) is 5.03. The van der Waals surface area contributed by atoms with Gasteiger partial charge < -0.3 is 15.2 Å². The lowest BCUT2D eigenvalue weighted by Gasteiger charge is -2.32. The predicted octanol–water partition coefficient (Wildman–Crippen LogP) is 2.33. The monoisotopic (exact) mass is 419 g/mol. The van der Waals surface area contributed by atoms with Crippen LogP contribution in [0.2, 0.25) is 0 Å². The van der Waals surface area contributed by atoms with Gasteiger partial charge in [0.05, 0.1) is 22.3 Å². The van der Waals surface area contributed by atoms with Crippen molar-refractivity contribution in [1.82, 2.24) is 9.29 Å². The fourth-order valence-corrected chi connectivity index (χ4v) is 4.78. The van der Waals surface area contributed by atoms with Gasteiger partial charge in [-0.3, -0.25) is 9.78 Å². The minimum Gasteiger partial charge on any atom is -0.476 e. The van der Waals surface area contributed by atoms with Crippen molar-refractivity contribution in [2.24, 2.45) is 0 Å². The summed E-state index contributed by atoms with van der Waals surface area (Å²) in [5, 5.41) is 11.9. The zero-order valence-electron chi connectivity index (χ0n) is 16.6. The normalized spacial score (nSPS) is 16.7. The number of aromatic nitrogens is 1. The van der Waals surface area contributed by atoms with Gasteiger partial charge in [0.2, 0.25) is 10.0 Å². The number of hydrogen-bond acceptors (Lipinski definition) is 6. The largest absolute Gasteiger partial charge is 0.476 e. The van der Waals surface area contributed by atoms with E-state index in [0.29, 0.717) is 17.1 Å². The molecule has 1 aromatic carbocycles. The molecule has 9 heteroatoms. The summed E-state index contributed by atoms with van der Waals surface area (Å²) in [5.41, 5.74) is -0.123. The first kappa shape index (κ1) is 21.2. The van der Waals surface area contributed by atoms with Crippen LogP contribution in [0.4, 0.5) is 5.69 Å². The molecule has 1 atom stereocenters. The zero-order valence-corrected chi connectivity index (χ0v) is 17.4. The Morgan fingerprint density at radius 3 is 2.69 bits per heavy atom. The van der Waals surface area contributed by atoms with Crippen LogP contribution in [0.1, 0.15) is 38.9 Å². The van der Waals surface area contributed by atoms with Crippen LogP contribution in [-0.4, -0.2) is 47.5 Å². The Labute approximate surface area is 170 Å². The van der Waals surface area contributed by atoms with Crippen LogP contribution in [-0.2, 0) is 14.8 Å². The number of aliphatic hydroxyl groups is 1. The average Bonchev–Trinajstić information content (AvgIpc) is 2.69. The van der Waals surface area contributed by atoms with Crippen molar-refractivity contribution in [3.63, 3.8) is 0 Å². The fraction of sp³-hybridized carbons (Fsp3) is 0.400. The minimum atomic E-state index is -3.93. The van der Waals surface area contributed by atoms with Gasteiger partial charge in [0.1, 0.15) is 5.75 Å². The summed E-state index contributed by atoms with van der Waals surface area (Å²) >= 11 is 0. The van der Waals surface area contributed by atoms with Gasteiger partial charge in [-0.05, 0) is 57.5 Å². The Balaban J connectivity index is 1.98. The van der Waals surface area contributed by atoms with E-state index in [9.17, 15) is 18.3 Å². The number of nitrogens with one attached hydrogen (secondary N) is 1. The highest BCUT2D eigenvalue weighted by atomic mass is 32.2. The molecule has 0 fully saturated rings. The highest BCUT2D eigenvalue weighted by molar-refractivity contribution is 7.89. The molecule has 0 saturated heterocycles. The molecule has 0 spiro atoms. The van der Waals surface area contributed by atoms with Crippen molar-refractivity contribution < 1.29 is 23.1 Å². The lowest BCUT2D eigenvalue weighted by molar-refractivity contribution is -0.129. The predicted molar refractivity (Wildman–Crippen MR) is 108 cm³/mol. The smallest absolute Gasteiger partial charge is 0.268 e. The molecule has 0 unspecified atom stereocenters. The number of carbonyl (C=O) groups is 1. The van der Waals surface area contributed by atoms with Crippen LogP contribution >= 0.6 is 0 Å². The van der Waals surface area contributed by atoms with E-state index >= 15 is 0 Å². The number of aliphatic hydroxyl groups excluding tert-OH is 1. The average molecular weight is 420 g/mol. The van der Waals surface area contributed by atoms with Gasteiger partial charge >= 0.3 is 0 Å². The number of carbonyl (C=O) groups excluding carboxylic acids is 1. The van der Waals surface area contributed by atoms with Crippen molar-refractivity contribution in [3.8, 4) is 5.75 Å². The van der Waals surface area contributed by atoms with Gasteiger partial charge in [-0.25, -0.2) is 8.42 Å². The van der Waals surface area contributed by atoms with Crippen molar-refractivity contribution in [2.75, 3.05) is 18.5 Å². The molecule has 1 amide bonds. The second kappa shape index (κ2) is 8.10. The fourth-order valence-electron chi connectivity index (χ4n) is 3.10. The van der Waals surface area contributed by atoms with Gasteiger partial charge in [-0.15, -0.1) is 0 Å². The Morgan fingerprint density at radius 2 is 2.03 bits per heavy atom. The number of anilines is 1. The van der Waals surface area contributed by atoms with Crippen LogP contribution in [0.5, 0.6) is 5.75 Å². The number of pyridine rings is 1. The number of amides is 1. The molecule has 0 radical (unpaired) electrons. The maximum atomic E-state index is 13.4. The van der Waals surface area contributed by atoms with E-state index in [0.717, 1.165) is 0 Å². The van der Waals surface area contributed by atoms with E-state index in [2.05, 4.69) is 10.3 Å². The van der Waals surface area contributed by atoms with E-state index in [1.165, 1.54) is 16.4 Å². The standard InChI is InChI=1S/C20H25N3O5S/c1-14(16-7-4-5-10-21-16)23(11-6-12-24)29(26,27)15-8-9-18-17(13-15)22-19(25)20(2,3)28-18/h4-5,7-10,13-14,24H,6,11-12H2,1-3H3,(H,22,25)/t14-/m1/s1. The van der Waals surface area contributed by atoms with Crippen molar-refractivity contribution in [2.45, 2.75) is 43.7 Å². The quantitative estimate of drug-likeness (QED) is 0.713. The van der Waals surface area contributed by atoms with Crippen molar-refractivity contribution in [3.05, 3.63) is 48.3 Å². The summed E-state index contributed by atoms with van der Waals surface area (Å²) < 4.78 is 33.8. The minimum absolute atomic E-state index is 0.0283. The third-order valence-corrected chi connectivity index (χ3v) is 6.77.